The Morgan fingerprint density at radius 2 is 1.74 bits per heavy atom. The van der Waals surface area contributed by atoms with Crippen molar-refractivity contribution in [1.82, 2.24) is 14.7 Å². The van der Waals surface area contributed by atoms with Crippen LogP contribution >= 0.6 is 0 Å². The Morgan fingerprint density at radius 3 is 2.45 bits per heavy atom. The number of imide groups is 1. The first kappa shape index (κ1) is 20.5. The van der Waals surface area contributed by atoms with Crippen LogP contribution in [0.1, 0.15) is 40.3 Å². The maximum absolute atomic E-state index is 13.2. The van der Waals surface area contributed by atoms with Crippen molar-refractivity contribution in [2.45, 2.75) is 26.9 Å². The number of carbonyl (C=O) groups excluding carboxylic acids is 3. The molecule has 0 bridgehead atoms. The molecule has 0 unspecified atom stereocenters. The van der Waals surface area contributed by atoms with Gasteiger partial charge in [0.1, 0.15) is 5.75 Å². The van der Waals surface area contributed by atoms with E-state index in [-0.39, 0.29) is 23.8 Å². The minimum Gasteiger partial charge on any atom is -0.479 e. The quantitative estimate of drug-likeness (QED) is 0.469. The van der Waals surface area contributed by atoms with Crippen LogP contribution in [0.3, 0.4) is 0 Å². The van der Waals surface area contributed by atoms with Gasteiger partial charge in [-0.25, -0.2) is 4.68 Å². The molecule has 1 aliphatic rings. The highest BCUT2D eigenvalue weighted by atomic mass is 16.5. The van der Waals surface area contributed by atoms with E-state index in [2.05, 4.69) is 5.10 Å². The highest BCUT2D eigenvalue weighted by molar-refractivity contribution is 6.12. The second-order valence-electron chi connectivity index (χ2n) is 7.82. The number of hydrogen-bond donors (Lipinski definition) is 0. The Labute approximate surface area is 180 Å². The predicted octanol–water partition coefficient (Wildman–Crippen LogP) is 3.45. The molecule has 0 radical (unpaired) electrons. The summed E-state index contributed by atoms with van der Waals surface area (Å²) in [6.45, 7) is 5.10. The van der Waals surface area contributed by atoms with Crippen LogP contribution in [-0.4, -0.2) is 44.9 Å². The first-order valence-corrected chi connectivity index (χ1v) is 10.1. The molecule has 2 amide bonds. The average molecular weight is 417 g/mol. The standard InChI is InChI=1S/C24H23N3O4/c1-15(2)22-24(30)26(23(29)18-11-7-8-12-21(18)31-22)14-20(28)19-13-25-27(16(19)3)17-9-5-4-6-10-17/h4-13,15,22H,14H2,1-3H3/t22-/m0/s1. The lowest BCUT2D eigenvalue weighted by Gasteiger charge is -2.24. The Hall–Kier alpha value is -3.74. The number of ether oxygens (including phenoxy) is 1. The maximum atomic E-state index is 13.2. The van der Waals surface area contributed by atoms with Crippen molar-refractivity contribution in [3.63, 3.8) is 0 Å². The number of carbonyl (C=O) groups is 3. The maximum Gasteiger partial charge on any atom is 0.271 e. The van der Waals surface area contributed by atoms with E-state index in [0.29, 0.717) is 17.0 Å². The number of para-hydroxylation sites is 2. The molecule has 7 nitrogen and oxygen atoms in total. The van der Waals surface area contributed by atoms with Crippen molar-refractivity contribution in [2.75, 3.05) is 6.54 Å². The first-order chi connectivity index (χ1) is 14.9. The van der Waals surface area contributed by atoms with Gasteiger partial charge in [0, 0.05) is 0 Å². The number of nitrogens with zero attached hydrogens (tertiary/aromatic N) is 3. The van der Waals surface area contributed by atoms with E-state index < -0.39 is 17.9 Å². The molecule has 0 aliphatic carbocycles. The molecule has 0 saturated heterocycles. The van der Waals surface area contributed by atoms with Crippen LogP contribution in [0.4, 0.5) is 0 Å². The summed E-state index contributed by atoms with van der Waals surface area (Å²) < 4.78 is 7.53. The highest BCUT2D eigenvalue weighted by Crippen LogP contribution is 2.28. The summed E-state index contributed by atoms with van der Waals surface area (Å²) in [5.74, 6) is -1.24. The van der Waals surface area contributed by atoms with Crippen LogP contribution in [0, 0.1) is 12.8 Å². The molecule has 3 aromatic rings. The van der Waals surface area contributed by atoms with Gasteiger partial charge in [-0.1, -0.05) is 44.2 Å². The summed E-state index contributed by atoms with van der Waals surface area (Å²) in [5, 5.41) is 4.32. The zero-order valence-corrected chi connectivity index (χ0v) is 17.6. The third-order valence-corrected chi connectivity index (χ3v) is 5.34. The molecule has 0 fully saturated rings. The molecular weight excluding hydrogens is 394 g/mol. The molecule has 4 rings (SSSR count). The summed E-state index contributed by atoms with van der Waals surface area (Å²) in [6, 6.07) is 16.2. The Balaban J connectivity index is 1.66. The number of fused-ring (bicyclic) bond motifs is 1. The first-order valence-electron chi connectivity index (χ1n) is 10.1. The van der Waals surface area contributed by atoms with E-state index in [4.69, 9.17) is 4.74 Å². The fraction of sp³-hybridized carbons (Fsp3) is 0.250. The molecule has 2 heterocycles. The van der Waals surface area contributed by atoms with E-state index >= 15 is 0 Å². The second kappa shape index (κ2) is 8.18. The number of ketones is 1. The van der Waals surface area contributed by atoms with E-state index in [1.165, 1.54) is 6.20 Å². The summed E-state index contributed by atoms with van der Waals surface area (Å²) in [5.41, 5.74) is 2.10. The minimum absolute atomic E-state index is 0.174. The number of amides is 2. The lowest BCUT2D eigenvalue weighted by molar-refractivity contribution is -0.136. The van der Waals surface area contributed by atoms with Crippen molar-refractivity contribution in [2.24, 2.45) is 5.92 Å². The average Bonchev–Trinajstić information content (AvgIpc) is 3.12. The van der Waals surface area contributed by atoms with E-state index in [0.717, 1.165) is 10.6 Å². The number of Topliss-reactive ketones (excluding diaryl/α,β-unsaturated/α-hetero) is 1. The molecule has 0 saturated carbocycles. The van der Waals surface area contributed by atoms with Crippen molar-refractivity contribution in [3.8, 4) is 11.4 Å². The third kappa shape index (κ3) is 3.74. The van der Waals surface area contributed by atoms with Crippen LogP contribution < -0.4 is 4.74 Å². The van der Waals surface area contributed by atoms with E-state index in [1.807, 2.05) is 44.2 Å². The number of hydrogen-bond acceptors (Lipinski definition) is 5. The molecule has 1 aromatic heterocycles. The van der Waals surface area contributed by atoms with Crippen LogP contribution in [0.2, 0.25) is 0 Å². The lowest BCUT2D eigenvalue weighted by atomic mass is 10.1. The van der Waals surface area contributed by atoms with Gasteiger partial charge >= 0.3 is 0 Å². The van der Waals surface area contributed by atoms with Crippen molar-refractivity contribution >= 4 is 17.6 Å². The summed E-state index contributed by atoms with van der Waals surface area (Å²) >= 11 is 0. The molecule has 2 aromatic carbocycles. The largest absolute Gasteiger partial charge is 0.479 e. The van der Waals surface area contributed by atoms with Gasteiger partial charge in [-0.15, -0.1) is 0 Å². The monoisotopic (exact) mass is 417 g/mol. The SMILES string of the molecule is Cc1c(C(=O)CN2C(=O)c3ccccc3O[C@@H](C(C)C)C2=O)cnn1-c1ccccc1. The van der Waals surface area contributed by atoms with Gasteiger partial charge in [0.15, 0.2) is 11.9 Å². The summed E-state index contributed by atoms with van der Waals surface area (Å²) in [7, 11) is 0. The molecule has 0 spiro atoms. The molecule has 31 heavy (non-hydrogen) atoms. The summed E-state index contributed by atoms with van der Waals surface area (Å²) in [4.78, 5) is 40.4. The van der Waals surface area contributed by atoms with Crippen molar-refractivity contribution in [3.05, 3.63) is 77.6 Å². The molecule has 1 aliphatic heterocycles. The highest BCUT2D eigenvalue weighted by Gasteiger charge is 2.39. The van der Waals surface area contributed by atoms with E-state index in [1.54, 1.807) is 35.9 Å². The Kier molecular flexibility index (Phi) is 5.42. The number of rotatable bonds is 5. The van der Waals surface area contributed by atoms with Crippen LogP contribution in [0.15, 0.2) is 60.8 Å². The van der Waals surface area contributed by atoms with Crippen LogP contribution in [0.25, 0.3) is 5.69 Å². The smallest absolute Gasteiger partial charge is 0.271 e. The van der Waals surface area contributed by atoms with Gasteiger partial charge in [-0.05, 0) is 37.1 Å². The number of aromatic nitrogens is 2. The van der Waals surface area contributed by atoms with Gasteiger partial charge in [0.05, 0.1) is 35.2 Å². The summed E-state index contributed by atoms with van der Waals surface area (Å²) in [6.07, 6.45) is 0.621. The van der Waals surface area contributed by atoms with Crippen molar-refractivity contribution < 1.29 is 19.1 Å². The van der Waals surface area contributed by atoms with Crippen LogP contribution in [0.5, 0.6) is 5.75 Å². The van der Waals surface area contributed by atoms with Crippen LogP contribution in [-0.2, 0) is 4.79 Å². The van der Waals surface area contributed by atoms with Gasteiger partial charge in [-0.3, -0.25) is 19.3 Å². The topological polar surface area (TPSA) is 81.5 Å². The lowest BCUT2D eigenvalue weighted by Crippen LogP contribution is -2.47. The minimum atomic E-state index is -0.853. The van der Waals surface area contributed by atoms with Crippen molar-refractivity contribution in [1.29, 1.82) is 0 Å². The molecule has 0 N–H and O–H groups in total. The zero-order valence-electron chi connectivity index (χ0n) is 17.6. The normalized spacial score (nSPS) is 16.1. The molecular formula is C24H23N3O4. The second-order valence-corrected chi connectivity index (χ2v) is 7.82. The van der Waals surface area contributed by atoms with Gasteiger partial charge < -0.3 is 4.74 Å². The van der Waals surface area contributed by atoms with Gasteiger partial charge in [0.2, 0.25) is 0 Å². The Bertz CT molecular complexity index is 1150. The van der Waals surface area contributed by atoms with E-state index in [9.17, 15) is 14.4 Å². The molecule has 1 atom stereocenters. The molecule has 7 heteroatoms. The predicted molar refractivity (Wildman–Crippen MR) is 114 cm³/mol. The number of benzene rings is 2. The van der Waals surface area contributed by atoms with Gasteiger partial charge in [-0.2, -0.15) is 5.10 Å². The Morgan fingerprint density at radius 1 is 1.06 bits per heavy atom. The van der Waals surface area contributed by atoms with Gasteiger partial charge in [0.25, 0.3) is 11.8 Å². The fourth-order valence-corrected chi connectivity index (χ4v) is 3.64. The molecule has 158 valence electrons. The fourth-order valence-electron chi connectivity index (χ4n) is 3.64. The zero-order chi connectivity index (χ0) is 22.1. The third-order valence-electron chi connectivity index (χ3n) is 5.34.